The van der Waals surface area contributed by atoms with Crippen LogP contribution in [0.3, 0.4) is 0 Å². The van der Waals surface area contributed by atoms with Crippen LogP contribution in [0.2, 0.25) is 0 Å². The molecule has 4 heteroatoms. The fourth-order valence-electron chi connectivity index (χ4n) is 3.07. The highest BCUT2D eigenvalue weighted by Crippen LogP contribution is 2.18. The molecular weight excluding hydrogens is 315 g/mol. The van der Waals surface area contributed by atoms with Gasteiger partial charge in [-0.1, -0.05) is 25.1 Å². The van der Waals surface area contributed by atoms with Gasteiger partial charge < -0.3 is 9.80 Å². The zero-order valence-corrected chi connectivity index (χ0v) is 14.5. The van der Waals surface area contributed by atoms with Crippen LogP contribution in [0, 0.1) is 5.82 Å². The molecule has 1 aliphatic heterocycles. The number of carbonyl (C=O) groups is 1. The molecule has 0 aromatic heterocycles. The number of anilines is 1. The maximum absolute atomic E-state index is 13.0. The Labute approximate surface area is 148 Å². The van der Waals surface area contributed by atoms with E-state index in [1.54, 1.807) is 12.1 Å². The number of hydrogen-bond acceptors (Lipinski definition) is 3. The van der Waals surface area contributed by atoms with Crippen molar-refractivity contribution in [2.45, 2.75) is 13.3 Å². The number of carbonyl (C=O) groups excluding carboxylic acids is 1. The van der Waals surface area contributed by atoms with E-state index in [0.717, 1.165) is 31.8 Å². The second kappa shape index (κ2) is 7.97. The monoisotopic (exact) mass is 338 g/mol. The lowest BCUT2D eigenvalue weighted by atomic mass is 10.0. The lowest BCUT2D eigenvalue weighted by molar-refractivity contribution is 0.102. The van der Waals surface area contributed by atoms with E-state index in [2.05, 4.69) is 34.1 Å². The summed E-state index contributed by atoms with van der Waals surface area (Å²) in [7, 11) is 0. The van der Waals surface area contributed by atoms with Crippen LogP contribution in [0.1, 0.15) is 23.7 Å². The van der Waals surface area contributed by atoms with Crippen molar-refractivity contribution in [3.05, 3.63) is 77.8 Å². The van der Waals surface area contributed by atoms with Gasteiger partial charge in [-0.3, -0.25) is 4.79 Å². The Balaban J connectivity index is 1.65. The lowest BCUT2D eigenvalue weighted by Gasteiger charge is -2.36. The number of Topliss-reactive ketones (excluding diaryl/α,β-unsaturated/α-hetero) is 1. The predicted octanol–water partition coefficient (Wildman–Crippen LogP) is 4.12. The second-order valence-electron chi connectivity index (χ2n) is 6.20. The molecule has 130 valence electrons. The van der Waals surface area contributed by atoms with Crippen LogP contribution in [0.25, 0.3) is 0 Å². The van der Waals surface area contributed by atoms with E-state index in [1.165, 1.54) is 17.8 Å². The van der Waals surface area contributed by atoms with Gasteiger partial charge in [-0.25, -0.2) is 4.39 Å². The van der Waals surface area contributed by atoms with Crippen LogP contribution in [-0.2, 0) is 0 Å². The van der Waals surface area contributed by atoms with Crippen molar-refractivity contribution in [1.29, 1.82) is 0 Å². The first kappa shape index (κ1) is 17.2. The summed E-state index contributed by atoms with van der Waals surface area (Å²) < 4.78 is 13.0. The van der Waals surface area contributed by atoms with E-state index in [9.17, 15) is 9.18 Å². The normalized spacial score (nSPS) is 15.4. The van der Waals surface area contributed by atoms with Gasteiger partial charge in [-0.15, -0.1) is 0 Å². The summed E-state index contributed by atoms with van der Waals surface area (Å²) in [4.78, 5) is 17.2. The van der Waals surface area contributed by atoms with Gasteiger partial charge in [0.05, 0.1) is 0 Å². The Kier molecular flexibility index (Phi) is 5.49. The number of piperazine rings is 1. The fraction of sp³-hybridized carbons (Fsp3) is 0.286. The zero-order chi connectivity index (χ0) is 17.6. The van der Waals surface area contributed by atoms with E-state index in [0.29, 0.717) is 12.0 Å². The number of allylic oxidation sites excluding steroid dienone is 1. The van der Waals surface area contributed by atoms with Gasteiger partial charge >= 0.3 is 0 Å². The Hall–Kier alpha value is -2.62. The second-order valence-corrected chi connectivity index (χ2v) is 6.20. The summed E-state index contributed by atoms with van der Waals surface area (Å²) in [6, 6.07) is 16.1. The van der Waals surface area contributed by atoms with Crippen molar-refractivity contribution < 1.29 is 9.18 Å². The van der Waals surface area contributed by atoms with Crippen LogP contribution in [0.5, 0.6) is 0 Å². The Morgan fingerprint density at radius 3 is 2.24 bits per heavy atom. The molecule has 1 fully saturated rings. The van der Waals surface area contributed by atoms with Gasteiger partial charge in [0.1, 0.15) is 5.82 Å². The van der Waals surface area contributed by atoms with Crippen LogP contribution in [0.4, 0.5) is 10.1 Å². The summed E-state index contributed by atoms with van der Waals surface area (Å²) >= 11 is 0. The lowest BCUT2D eigenvalue weighted by Crippen LogP contribution is -2.44. The largest absolute Gasteiger partial charge is 0.373 e. The summed E-state index contributed by atoms with van der Waals surface area (Å²) in [6.45, 7) is 5.61. The average molecular weight is 338 g/mol. The molecule has 0 bridgehead atoms. The minimum Gasteiger partial charge on any atom is -0.373 e. The molecule has 0 amide bonds. The molecule has 2 aromatic rings. The highest BCUT2D eigenvalue weighted by Gasteiger charge is 2.17. The number of ketones is 1. The molecule has 0 unspecified atom stereocenters. The molecule has 0 atom stereocenters. The predicted molar refractivity (Wildman–Crippen MR) is 99.3 cm³/mol. The Morgan fingerprint density at radius 2 is 1.64 bits per heavy atom. The molecule has 1 aliphatic rings. The summed E-state index contributed by atoms with van der Waals surface area (Å²) in [5, 5.41) is 0. The summed E-state index contributed by atoms with van der Waals surface area (Å²) in [5.74, 6) is -0.344. The van der Waals surface area contributed by atoms with Crippen LogP contribution in [0.15, 0.2) is 66.4 Å². The Morgan fingerprint density at radius 1 is 1.00 bits per heavy atom. The molecule has 0 aliphatic carbocycles. The van der Waals surface area contributed by atoms with Crippen LogP contribution >= 0.6 is 0 Å². The molecular formula is C21H23FN2O. The van der Waals surface area contributed by atoms with Crippen molar-refractivity contribution in [1.82, 2.24) is 4.90 Å². The zero-order valence-electron chi connectivity index (χ0n) is 14.5. The van der Waals surface area contributed by atoms with Crippen molar-refractivity contribution in [3.63, 3.8) is 0 Å². The maximum atomic E-state index is 13.0. The molecule has 3 nitrogen and oxygen atoms in total. The van der Waals surface area contributed by atoms with Crippen molar-refractivity contribution >= 4 is 11.5 Å². The Bertz CT molecular complexity index is 732. The van der Waals surface area contributed by atoms with Crippen molar-refractivity contribution in [3.8, 4) is 0 Å². The molecule has 1 heterocycles. The third-order valence-corrected chi connectivity index (χ3v) is 4.55. The molecule has 0 radical (unpaired) electrons. The molecule has 0 N–H and O–H groups in total. The van der Waals surface area contributed by atoms with Gasteiger partial charge in [0.25, 0.3) is 0 Å². The van der Waals surface area contributed by atoms with Gasteiger partial charge in [0.15, 0.2) is 5.78 Å². The van der Waals surface area contributed by atoms with E-state index >= 15 is 0 Å². The number of para-hydroxylation sites is 1. The first-order chi connectivity index (χ1) is 12.2. The fourth-order valence-corrected chi connectivity index (χ4v) is 3.07. The highest BCUT2D eigenvalue weighted by molar-refractivity contribution is 6.08. The third-order valence-electron chi connectivity index (χ3n) is 4.55. The van der Waals surface area contributed by atoms with Crippen molar-refractivity contribution in [2.24, 2.45) is 0 Å². The first-order valence-corrected chi connectivity index (χ1v) is 8.72. The minimum absolute atomic E-state index is 0.0204. The number of halogens is 1. The quantitative estimate of drug-likeness (QED) is 0.605. The smallest absolute Gasteiger partial charge is 0.190 e. The van der Waals surface area contributed by atoms with Gasteiger partial charge in [-0.05, 0) is 42.8 Å². The van der Waals surface area contributed by atoms with Gasteiger partial charge in [-0.2, -0.15) is 0 Å². The topological polar surface area (TPSA) is 23.6 Å². The van der Waals surface area contributed by atoms with Crippen molar-refractivity contribution in [2.75, 3.05) is 31.1 Å². The standard InChI is InChI=1S/C21H23FN2O/c1-2-17(21(25)18-8-10-19(22)11-9-18)16-23-12-14-24(15-13-23)20-6-4-3-5-7-20/h3-11,16H,2,12-15H2,1H3/b17-16+. The van der Waals surface area contributed by atoms with Gasteiger partial charge in [0.2, 0.25) is 0 Å². The summed E-state index contributed by atoms with van der Waals surface area (Å²) in [5.41, 5.74) is 2.54. The minimum atomic E-state index is -0.324. The van der Waals surface area contributed by atoms with Gasteiger partial charge in [0, 0.05) is 49.2 Å². The number of hydrogen-bond donors (Lipinski definition) is 0. The molecule has 1 saturated heterocycles. The average Bonchev–Trinajstić information content (AvgIpc) is 2.67. The SMILES string of the molecule is CC/C(=C\N1CCN(c2ccccc2)CC1)C(=O)c1ccc(F)cc1. The van der Waals surface area contributed by atoms with E-state index < -0.39 is 0 Å². The molecule has 2 aromatic carbocycles. The molecule has 0 spiro atoms. The summed E-state index contributed by atoms with van der Waals surface area (Å²) in [6.07, 6.45) is 2.64. The van der Waals surface area contributed by atoms with Crippen LogP contribution < -0.4 is 4.90 Å². The van der Waals surface area contributed by atoms with E-state index in [-0.39, 0.29) is 11.6 Å². The van der Waals surface area contributed by atoms with Crippen LogP contribution in [-0.4, -0.2) is 36.9 Å². The molecule has 25 heavy (non-hydrogen) atoms. The number of rotatable bonds is 5. The van der Waals surface area contributed by atoms with E-state index in [4.69, 9.17) is 0 Å². The molecule has 0 saturated carbocycles. The first-order valence-electron chi connectivity index (χ1n) is 8.72. The highest BCUT2D eigenvalue weighted by atomic mass is 19.1. The number of benzene rings is 2. The third kappa shape index (κ3) is 4.27. The van der Waals surface area contributed by atoms with E-state index in [1.807, 2.05) is 19.2 Å². The maximum Gasteiger partial charge on any atom is 0.190 e. The molecule has 3 rings (SSSR count). The number of nitrogens with zero attached hydrogens (tertiary/aromatic N) is 2.